The first kappa shape index (κ1) is 13.6. The lowest BCUT2D eigenvalue weighted by Gasteiger charge is -2.34. The Balaban J connectivity index is 2.18. The Morgan fingerprint density at radius 3 is 2.94 bits per heavy atom. The first-order valence-corrected chi connectivity index (χ1v) is 7.08. The summed E-state index contributed by atoms with van der Waals surface area (Å²) in [5, 5.41) is 0. The molecule has 0 radical (unpaired) electrons. The van der Waals surface area contributed by atoms with Gasteiger partial charge >= 0.3 is 0 Å². The Morgan fingerprint density at radius 1 is 1.56 bits per heavy atom. The molecule has 0 saturated carbocycles. The molecule has 0 bridgehead atoms. The van der Waals surface area contributed by atoms with Gasteiger partial charge in [-0.1, -0.05) is 6.92 Å². The largest absolute Gasteiger partial charge is 0.375 e. The fraction of sp³-hybridized carbons (Fsp3) is 0.500. The molecule has 1 aromatic carbocycles. The van der Waals surface area contributed by atoms with Gasteiger partial charge in [-0.15, -0.1) is 0 Å². The van der Waals surface area contributed by atoms with E-state index in [2.05, 4.69) is 27.8 Å². The second-order valence-electron chi connectivity index (χ2n) is 4.57. The maximum Gasteiger partial charge on any atom is 0.160 e. The number of nitrogens with zero attached hydrogens (tertiary/aromatic N) is 1. The van der Waals surface area contributed by atoms with Crippen molar-refractivity contribution in [1.82, 2.24) is 0 Å². The van der Waals surface area contributed by atoms with Crippen molar-refractivity contribution in [2.24, 2.45) is 0 Å². The topological polar surface area (TPSA) is 29.5 Å². The summed E-state index contributed by atoms with van der Waals surface area (Å²) in [5.41, 5.74) is 1.88. The normalized spacial score (nSPS) is 19.9. The molecule has 18 heavy (non-hydrogen) atoms. The Hall–Kier alpha value is -0.870. The van der Waals surface area contributed by atoms with Gasteiger partial charge in [0, 0.05) is 28.8 Å². The molecule has 98 valence electrons. The van der Waals surface area contributed by atoms with Gasteiger partial charge in [0.1, 0.15) is 0 Å². The van der Waals surface area contributed by atoms with Crippen molar-refractivity contribution in [3.05, 3.63) is 28.2 Å². The number of ether oxygens (including phenoxy) is 1. The summed E-state index contributed by atoms with van der Waals surface area (Å²) in [6.07, 6.45) is 1.34. The number of Topliss-reactive ketones (excluding diaryl/α,β-unsaturated/α-hetero) is 1. The molecule has 1 saturated heterocycles. The summed E-state index contributed by atoms with van der Waals surface area (Å²) in [6.45, 7) is 6.32. The smallest absolute Gasteiger partial charge is 0.160 e. The summed E-state index contributed by atoms with van der Waals surface area (Å²) >= 11 is 3.47. The Labute approximate surface area is 116 Å². The molecule has 1 unspecified atom stereocenters. The third-order valence-electron chi connectivity index (χ3n) is 3.29. The Kier molecular flexibility index (Phi) is 4.40. The van der Waals surface area contributed by atoms with Gasteiger partial charge in [-0.25, -0.2) is 0 Å². The minimum absolute atomic E-state index is 0.0850. The summed E-state index contributed by atoms with van der Waals surface area (Å²) in [7, 11) is 0. The van der Waals surface area contributed by atoms with Crippen molar-refractivity contribution in [3.8, 4) is 0 Å². The molecule has 1 aromatic rings. The van der Waals surface area contributed by atoms with E-state index < -0.39 is 0 Å². The van der Waals surface area contributed by atoms with Gasteiger partial charge in [0.25, 0.3) is 0 Å². The van der Waals surface area contributed by atoms with Crippen molar-refractivity contribution in [2.45, 2.75) is 26.4 Å². The zero-order chi connectivity index (χ0) is 13.1. The summed E-state index contributed by atoms with van der Waals surface area (Å²) in [5.74, 6) is 0.0850. The van der Waals surface area contributed by atoms with Crippen LogP contribution in [0.4, 0.5) is 5.69 Å². The average molecular weight is 312 g/mol. The lowest BCUT2D eigenvalue weighted by molar-refractivity contribution is 0.0384. The van der Waals surface area contributed by atoms with Gasteiger partial charge in [-0.2, -0.15) is 0 Å². The van der Waals surface area contributed by atoms with Crippen molar-refractivity contribution in [2.75, 3.05) is 24.6 Å². The number of carbonyl (C=O) groups is 1. The summed E-state index contributed by atoms with van der Waals surface area (Å²) < 4.78 is 6.53. The van der Waals surface area contributed by atoms with Gasteiger partial charge < -0.3 is 9.64 Å². The van der Waals surface area contributed by atoms with Crippen LogP contribution in [-0.2, 0) is 4.74 Å². The molecular weight excluding hydrogens is 294 g/mol. The number of hydrogen-bond donors (Lipinski definition) is 0. The van der Waals surface area contributed by atoms with Crippen molar-refractivity contribution < 1.29 is 9.53 Å². The van der Waals surface area contributed by atoms with Gasteiger partial charge in [-0.05, 0) is 47.5 Å². The van der Waals surface area contributed by atoms with Crippen LogP contribution in [0.25, 0.3) is 0 Å². The zero-order valence-corrected chi connectivity index (χ0v) is 12.4. The highest BCUT2D eigenvalue weighted by Gasteiger charge is 2.19. The number of benzene rings is 1. The predicted octanol–water partition coefficient (Wildman–Crippen LogP) is 3.27. The molecule has 4 heteroatoms. The van der Waals surface area contributed by atoms with Crippen LogP contribution in [0.15, 0.2) is 22.7 Å². The maximum absolute atomic E-state index is 11.4. The highest BCUT2D eigenvalue weighted by Crippen LogP contribution is 2.26. The molecule has 2 rings (SSSR count). The first-order valence-electron chi connectivity index (χ1n) is 6.29. The van der Waals surface area contributed by atoms with Gasteiger partial charge in [0.2, 0.25) is 0 Å². The molecule has 1 aliphatic rings. The molecule has 3 nitrogen and oxygen atoms in total. The molecule has 0 aromatic heterocycles. The molecule has 1 fully saturated rings. The fourth-order valence-electron chi connectivity index (χ4n) is 2.19. The van der Waals surface area contributed by atoms with E-state index in [9.17, 15) is 4.79 Å². The number of halogens is 1. The van der Waals surface area contributed by atoms with Crippen LogP contribution < -0.4 is 4.90 Å². The van der Waals surface area contributed by atoms with Crippen LogP contribution in [0.3, 0.4) is 0 Å². The van der Waals surface area contributed by atoms with E-state index in [1.54, 1.807) is 6.92 Å². The lowest BCUT2D eigenvalue weighted by atomic mass is 10.1. The Morgan fingerprint density at radius 2 is 2.33 bits per heavy atom. The molecule has 1 heterocycles. The third kappa shape index (κ3) is 2.93. The van der Waals surface area contributed by atoms with Crippen LogP contribution in [0.5, 0.6) is 0 Å². The highest BCUT2D eigenvalue weighted by molar-refractivity contribution is 9.10. The standard InChI is InChI=1S/C14H18BrNO2/c1-3-12-9-16(6-7-18-12)11-4-5-13(10(2)17)14(15)8-11/h4-5,8,12H,3,6-7,9H2,1-2H3. The highest BCUT2D eigenvalue weighted by atomic mass is 79.9. The van der Waals surface area contributed by atoms with Gasteiger partial charge in [-0.3, -0.25) is 4.79 Å². The van der Waals surface area contributed by atoms with E-state index >= 15 is 0 Å². The SMILES string of the molecule is CCC1CN(c2ccc(C(C)=O)c(Br)c2)CCO1. The summed E-state index contributed by atoms with van der Waals surface area (Å²) in [6, 6.07) is 5.92. The van der Waals surface area contributed by atoms with E-state index in [4.69, 9.17) is 4.74 Å². The number of morpholine rings is 1. The Bertz CT molecular complexity index is 447. The van der Waals surface area contributed by atoms with Crippen LogP contribution in [0.2, 0.25) is 0 Å². The van der Waals surface area contributed by atoms with Crippen molar-refractivity contribution in [1.29, 1.82) is 0 Å². The van der Waals surface area contributed by atoms with E-state index in [-0.39, 0.29) is 5.78 Å². The van der Waals surface area contributed by atoms with E-state index in [1.165, 1.54) is 0 Å². The number of carbonyl (C=O) groups excluding carboxylic acids is 1. The second-order valence-corrected chi connectivity index (χ2v) is 5.42. The van der Waals surface area contributed by atoms with Crippen LogP contribution in [0, 0.1) is 0 Å². The quantitative estimate of drug-likeness (QED) is 0.802. The number of hydrogen-bond acceptors (Lipinski definition) is 3. The molecule has 1 atom stereocenters. The number of rotatable bonds is 3. The number of anilines is 1. The van der Waals surface area contributed by atoms with E-state index in [1.807, 2.05) is 18.2 Å². The number of ketones is 1. The first-order chi connectivity index (χ1) is 8.61. The monoisotopic (exact) mass is 311 g/mol. The third-order valence-corrected chi connectivity index (χ3v) is 3.95. The molecule has 0 aliphatic carbocycles. The molecule has 0 N–H and O–H groups in total. The average Bonchev–Trinajstić information content (AvgIpc) is 2.38. The van der Waals surface area contributed by atoms with Crippen molar-refractivity contribution in [3.63, 3.8) is 0 Å². The van der Waals surface area contributed by atoms with E-state index in [0.717, 1.165) is 41.8 Å². The van der Waals surface area contributed by atoms with E-state index in [0.29, 0.717) is 6.10 Å². The minimum Gasteiger partial charge on any atom is -0.375 e. The van der Waals surface area contributed by atoms with Gasteiger partial charge in [0.15, 0.2) is 5.78 Å². The summed E-state index contributed by atoms with van der Waals surface area (Å²) in [4.78, 5) is 13.7. The molecular formula is C14H18BrNO2. The van der Waals surface area contributed by atoms with Crippen LogP contribution in [-0.4, -0.2) is 31.6 Å². The zero-order valence-electron chi connectivity index (χ0n) is 10.8. The van der Waals surface area contributed by atoms with Gasteiger partial charge in [0.05, 0.1) is 12.7 Å². The van der Waals surface area contributed by atoms with Crippen LogP contribution in [0.1, 0.15) is 30.6 Å². The fourth-order valence-corrected chi connectivity index (χ4v) is 2.83. The molecule has 1 aliphatic heterocycles. The minimum atomic E-state index is 0.0850. The molecule has 0 spiro atoms. The molecule has 0 amide bonds. The van der Waals surface area contributed by atoms with Crippen molar-refractivity contribution >= 4 is 27.4 Å². The lowest BCUT2D eigenvalue weighted by Crippen LogP contribution is -2.42. The predicted molar refractivity (Wildman–Crippen MR) is 76.4 cm³/mol. The second kappa shape index (κ2) is 5.85. The van der Waals surface area contributed by atoms with Crippen LogP contribution >= 0.6 is 15.9 Å². The maximum atomic E-state index is 11.4.